The van der Waals surface area contributed by atoms with E-state index in [-0.39, 0.29) is 29.7 Å². The Bertz CT molecular complexity index is 549. The molecule has 1 saturated carbocycles. The Kier molecular flexibility index (Phi) is 4.52. The molecule has 1 aliphatic rings. The van der Waals surface area contributed by atoms with Gasteiger partial charge in [0, 0.05) is 23.7 Å². The first-order chi connectivity index (χ1) is 9.99. The molecule has 1 fully saturated rings. The number of aliphatic carboxylic acids is 1. The summed E-state index contributed by atoms with van der Waals surface area (Å²) in [4.78, 5) is 34.8. The van der Waals surface area contributed by atoms with Crippen molar-refractivity contribution < 1.29 is 19.6 Å². The highest BCUT2D eigenvalue weighted by atomic mass is 16.6. The zero-order valence-electron chi connectivity index (χ0n) is 11.4. The number of rotatable bonds is 5. The van der Waals surface area contributed by atoms with Gasteiger partial charge in [0.25, 0.3) is 11.6 Å². The Labute approximate surface area is 121 Å². The number of non-ortho nitro benzene ring substituents is 1. The highest BCUT2D eigenvalue weighted by Gasteiger charge is 2.29. The van der Waals surface area contributed by atoms with Gasteiger partial charge in [0.05, 0.1) is 4.92 Å². The van der Waals surface area contributed by atoms with Gasteiger partial charge >= 0.3 is 5.97 Å². The van der Waals surface area contributed by atoms with E-state index in [1.54, 1.807) is 0 Å². The van der Waals surface area contributed by atoms with Gasteiger partial charge in [0.1, 0.15) is 6.54 Å². The van der Waals surface area contributed by atoms with Crippen LogP contribution in [0.25, 0.3) is 0 Å². The van der Waals surface area contributed by atoms with Crippen molar-refractivity contribution in [2.45, 2.75) is 31.7 Å². The summed E-state index contributed by atoms with van der Waals surface area (Å²) in [5.74, 6) is -1.45. The number of carboxylic acids is 1. The van der Waals surface area contributed by atoms with Crippen molar-refractivity contribution in [3.8, 4) is 0 Å². The molecule has 0 heterocycles. The molecule has 0 radical (unpaired) electrons. The van der Waals surface area contributed by atoms with E-state index in [4.69, 9.17) is 5.11 Å². The lowest BCUT2D eigenvalue weighted by Crippen LogP contribution is -2.42. The molecule has 1 aromatic carbocycles. The van der Waals surface area contributed by atoms with E-state index < -0.39 is 10.9 Å². The predicted octanol–water partition coefficient (Wildman–Crippen LogP) is 2.06. The molecule has 0 spiro atoms. The Balaban J connectivity index is 2.20. The Morgan fingerprint density at radius 2 is 1.81 bits per heavy atom. The van der Waals surface area contributed by atoms with E-state index in [0.717, 1.165) is 25.7 Å². The van der Waals surface area contributed by atoms with Crippen LogP contribution in [-0.4, -0.2) is 39.4 Å². The van der Waals surface area contributed by atoms with Gasteiger partial charge < -0.3 is 10.0 Å². The summed E-state index contributed by atoms with van der Waals surface area (Å²) in [5, 5.41) is 19.6. The zero-order chi connectivity index (χ0) is 15.4. The molecule has 7 heteroatoms. The summed E-state index contributed by atoms with van der Waals surface area (Å²) in [7, 11) is 0. The average Bonchev–Trinajstić information content (AvgIpc) is 2.98. The number of nitro benzene ring substituents is 1. The number of hydrogen-bond acceptors (Lipinski definition) is 4. The number of benzene rings is 1. The van der Waals surface area contributed by atoms with Crippen molar-refractivity contribution in [3.05, 3.63) is 39.9 Å². The number of carbonyl (C=O) groups is 2. The molecular formula is C14H16N2O5. The molecule has 2 rings (SSSR count). The standard InChI is InChI=1S/C14H16N2O5/c17-13(18)9-15(11-3-1-2-4-11)14(19)10-5-7-12(8-6-10)16(20)21/h5-8,11H,1-4,9H2,(H,17,18). The lowest BCUT2D eigenvalue weighted by Gasteiger charge is -2.27. The van der Waals surface area contributed by atoms with Gasteiger partial charge in [-0.25, -0.2) is 0 Å². The average molecular weight is 292 g/mol. The fourth-order valence-electron chi connectivity index (χ4n) is 2.62. The summed E-state index contributed by atoms with van der Waals surface area (Å²) in [5.41, 5.74) is 0.172. The number of nitro groups is 1. The summed E-state index contributed by atoms with van der Waals surface area (Å²) >= 11 is 0. The molecule has 0 saturated heterocycles. The first-order valence-electron chi connectivity index (χ1n) is 6.76. The van der Waals surface area contributed by atoms with Crippen LogP contribution in [0.5, 0.6) is 0 Å². The lowest BCUT2D eigenvalue weighted by atomic mass is 10.1. The SMILES string of the molecule is O=C(O)CN(C(=O)c1ccc([N+](=O)[O-])cc1)C1CCCC1. The molecule has 7 nitrogen and oxygen atoms in total. The maximum Gasteiger partial charge on any atom is 0.323 e. The van der Waals surface area contributed by atoms with Crippen LogP contribution < -0.4 is 0 Å². The summed E-state index contributed by atoms with van der Waals surface area (Å²) in [6, 6.07) is 5.17. The minimum absolute atomic E-state index is 0.0659. The molecule has 1 aromatic rings. The van der Waals surface area contributed by atoms with Crippen molar-refractivity contribution in [2.24, 2.45) is 0 Å². The van der Waals surface area contributed by atoms with E-state index in [9.17, 15) is 19.7 Å². The van der Waals surface area contributed by atoms with Gasteiger partial charge in [0.2, 0.25) is 0 Å². The molecule has 0 aromatic heterocycles. The van der Waals surface area contributed by atoms with E-state index in [0.29, 0.717) is 0 Å². The van der Waals surface area contributed by atoms with E-state index in [1.807, 2.05) is 0 Å². The molecule has 1 N–H and O–H groups in total. The van der Waals surface area contributed by atoms with Gasteiger partial charge in [-0.1, -0.05) is 12.8 Å². The highest BCUT2D eigenvalue weighted by molar-refractivity contribution is 5.96. The monoisotopic (exact) mass is 292 g/mol. The maximum absolute atomic E-state index is 12.4. The van der Waals surface area contributed by atoms with Gasteiger partial charge in [-0.15, -0.1) is 0 Å². The first kappa shape index (κ1) is 15.0. The minimum Gasteiger partial charge on any atom is -0.480 e. The molecular weight excluding hydrogens is 276 g/mol. The van der Waals surface area contributed by atoms with Crippen LogP contribution in [0.3, 0.4) is 0 Å². The molecule has 0 unspecified atom stereocenters. The quantitative estimate of drug-likeness (QED) is 0.661. The Morgan fingerprint density at radius 3 is 2.29 bits per heavy atom. The smallest absolute Gasteiger partial charge is 0.323 e. The van der Waals surface area contributed by atoms with Crippen LogP contribution in [0.4, 0.5) is 5.69 Å². The van der Waals surface area contributed by atoms with Crippen molar-refractivity contribution in [3.63, 3.8) is 0 Å². The zero-order valence-corrected chi connectivity index (χ0v) is 11.4. The molecule has 0 atom stereocenters. The van der Waals surface area contributed by atoms with Gasteiger partial charge in [0.15, 0.2) is 0 Å². The second kappa shape index (κ2) is 6.34. The maximum atomic E-state index is 12.4. The molecule has 0 aliphatic heterocycles. The molecule has 1 amide bonds. The van der Waals surface area contributed by atoms with E-state index >= 15 is 0 Å². The Hall–Kier alpha value is -2.44. The normalized spacial score (nSPS) is 14.9. The Morgan fingerprint density at radius 1 is 1.24 bits per heavy atom. The number of carbonyl (C=O) groups excluding carboxylic acids is 1. The third-order valence-electron chi connectivity index (χ3n) is 3.66. The van der Waals surface area contributed by atoms with Crippen molar-refractivity contribution >= 4 is 17.6 Å². The van der Waals surface area contributed by atoms with Crippen LogP contribution in [-0.2, 0) is 4.79 Å². The van der Waals surface area contributed by atoms with Gasteiger partial charge in [-0.05, 0) is 25.0 Å². The fourth-order valence-corrected chi connectivity index (χ4v) is 2.62. The fraction of sp³-hybridized carbons (Fsp3) is 0.429. The topological polar surface area (TPSA) is 101 Å². The largest absolute Gasteiger partial charge is 0.480 e. The van der Waals surface area contributed by atoms with Crippen LogP contribution in [0.2, 0.25) is 0 Å². The van der Waals surface area contributed by atoms with Crippen LogP contribution in [0.1, 0.15) is 36.0 Å². The second-order valence-electron chi connectivity index (χ2n) is 5.07. The third-order valence-corrected chi connectivity index (χ3v) is 3.66. The summed E-state index contributed by atoms with van der Waals surface area (Å²) in [6.07, 6.45) is 3.56. The molecule has 21 heavy (non-hydrogen) atoms. The predicted molar refractivity (Wildman–Crippen MR) is 74.0 cm³/mol. The summed E-state index contributed by atoms with van der Waals surface area (Å²) < 4.78 is 0. The summed E-state index contributed by atoms with van der Waals surface area (Å²) in [6.45, 7) is -0.347. The first-order valence-corrected chi connectivity index (χ1v) is 6.76. The molecule has 1 aliphatic carbocycles. The van der Waals surface area contributed by atoms with Gasteiger partial charge in [-0.2, -0.15) is 0 Å². The number of hydrogen-bond donors (Lipinski definition) is 1. The third kappa shape index (κ3) is 3.56. The molecule has 0 bridgehead atoms. The highest BCUT2D eigenvalue weighted by Crippen LogP contribution is 2.25. The van der Waals surface area contributed by atoms with Crippen LogP contribution in [0.15, 0.2) is 24.3 Å². The van der Waals surface area contributed by atoms with E-state index in [1.165, 1.54) is 29.2 Å². The number of amides is 1. The van der Waals surface area contributed by atoms with Crippen LogP contribution in [0, 0.1) is 10.1 Å². The number of nitrogens with zero attached hydrogens (tertiary/aromatic N) is 2. The lowest BCUT2D eigenvalue weighted by molar-refractivity contribution is -0.384. The van der Waals surface area contributed by atoms with Crippen LogP contribution >= 0.6 is 0 Å². The number of carboxylic acid groups (broad SMARTS) is 1. The van der Waals surface area contributed by atoms with E-state index in [2.05, 4.69) is 0 Å². The second-order valence-corrected chi connectivity index (χ2v) is 5.07. The molecule has 112 valence electrons. The van der Waals surface area contributed by atoms with Crippen molar-refractivity contribution in [1.29, 1.82) is 0 Å². The minimum atomic E-state index is -1.06. The van der Waals surface area contributed by atoms with Crippen molar-refractivity contribution in [1.82, 2.24) is 4.90 Å². The van der Waals surface area contributed by atoms with Gasteiger partial charge in [-0.3, -0.25) is 19.7 Å². The van der Waals surface area contributed by atoms with Crippen molar-refractivity contribution in [2.75, 3.05) is 6.54 Å².